The molecule has 8 heteroatoms. The highest BCUT2D eigenvalue weighted by Gasteiger charge is 2.12. The molecule has 1 heterocycles. The molecule has 0 aliphatic heterocycles. The van der Waals surface area contributed by atoms with E-state index in [1.165, 1.54) is 12.1 Å². The molecule has 0 saturated heterocycles. The molecule has 3 aromatic carbocycles. The van der Waals surface area contributed by atoms with Crippen LogP contribution in [0.2, 0.25) is 5.02 Å². The molecule has 4 rings (SSSR count). The topological polar surface area (TPSA) is 60.7 Å². The molecule has 0 radical (unpaired) electrons. The van der Waals surface area contributed by atoms with Crippen LogP contribution in [0.15, 0.2) is 66.9 Å². The fourth-order valence-corrected chi connectivity index (χ4v) is 3.56. The summed E-state index contributed by atoms with van der Waals surface area (Å²) in [4.78, 5) is 10.9. The number of hydrogen-bond acceptors (Lipinski definition) is 3. The van der Waals surface area contributed by atoms with Gasteiger partial charge in [-0.25, -0.2) is 13.6 Å². The van der Waals surface area contributed by atoms with E-state index in [4.69, 9.17) is 26.2 Å². The van der Waals surface area contributed by atoms with E-state index >= 15 is 0 Å². The molecule has 0 unspecified atom stereocenters. The van der Waals surface area contributed by atoms with Gasteiger partial charge in [-0.15, -0.1) is 0 Å². The average molecular weight is 444 g/mol. The summed E-state index contributed by atoms with van der Waals surface area (Å²) in [6, 6.07) is 15.2. The Morgan fingerprint density at radius 3 is 2.52 bits per heavy atom. The summed E-state index contributed by atoms with van der Waals surface area (Å²) >= 11 is 6.17. The second kappa shape index (κ2) is 8.65. The van der Waals surface area contributed by atoms with E-state index in [0.29, 0.717) is 28.3 Å². The fraction of sp³-hybridized carbons (Fsp3) is 0.0870. The van der Waals surface area contributed by atoms with Crippen LogP contribution >= 0.6 is 11.6 Å². The van der Waals surface area contributed by atoms with Gasteiger partial charge in [0, 0.05) is 28.2 Å². The number of aromatic nitrogens is 1. The number of benzene rings is 3. The summed E-state index contributed by atoms with van der Waals surface area (Å²) < 4.78 is 39.4. The first kappa shape index (κ1) is 20.7. The maximum Gasteiger partial charge on any atom is 0.511 e. The molecule has 0 atom stereocenters. The molecule has 4 aromatic rings. The number of halogens is 3. The van der Waals surface area contributed by atoms with Crippen LogP contribution in [0, 0.1) is 11.6 Å². The molecule has 0 aliphatic rings. The molecule has 1 aromatic heterocycles. The van der Waals surface area contributed by atoms with Crippen LogP contribution in [-0.4, -0.2) is 15.8 Å². The second-order valence-electron chi connectivity index (χ2n) is 6.82. The van der Waals surface area contributed by atoms with Crippen LogP contribution < -0.4 is 9.47 Å². The van der Waals surface area contributed by atoms with Crippen LogP contribution in [0.25, 0.3) is 10.9 Å². The van der Waals surface area contributed by atoms with Gasteiger partial charge in [0.15, 0.2) is 0 Å². The first-order valence-electron chi connectivity index (χ1n) is 9.24. The van der Waals surface area contributed by atoms with Gasteiger partial charge in [0.2, 0.25) is 0 Å². The standard InChI is InChI=1S/C23H16ClF2NO4/c24-16-4-5-21(30-13-14-8-17(25)11-18(26)9-14)15(10-16)12-27-7-6-19-20(27)2-1-3-22(19)31-23(28)29/h1-11H,12-13H2,(H,28,29). The van der Waals surface area contributed by atoms with Crippen LogP contribution in [-0.2, 0) is 13.2 Å². The van der Waals surface area contributed by atoms with Crippen molar-refractivity contribution in [2.24, 2.45) is 0 Å². The summed E-state index contributed by atoms with van der Waals surface area (Å²) in [6.07, 6.45) is 0.408. The van der Waals surface area contributed by atoms with Gasteiger partial charge >= 0.3 is 6.16 Å². The minimum atomic E-state index is -1.39. The number of carbonyl (C=O) groups is 1. The SMILES string of the molecule is O=C(O)Oc1cccc2c1ccn2Cc1cc(Cl)ccc1OCc1cc(F)cc(F)c1. The van der Waals surface area contributed by atoms with E-state index in [2.05, 4.69) is 0 Å². The smallest absolute Gasteiger partial charge is 0.489 e. The Kier molecular flexibility index (Phi) is 5.77. The number of hydrogen-bond donors (Lipinski definition) is 1. The lowest BCUT2D eigenvalue weighted by molar-refractivity contribution is 0.145. The van der Waals surface area contributed by atoms with Crippen molar-refractivity contribution in [3.63, 3.8) is 0 Å². The van der Waals surface area contributed by atoms with Crippen LogP contribution in [0.4, 0.5) is 13.6 Å². The highest BCUT2D eigenvalue weighted by atomic mass is 35.5. The van der Waals surface area contributed by atoms with Gasteiger partial charge in [-0.1, -0.05) is 17.7 Å². The average Bonchev–Trinajstić information content (AvgIpc) is 3.10. The van der Waals surface area contributed by atoms with Crippen LogP contribution in [0.1, 0.15) is 11.1 Å². The van der Waals surface area contributed by atoms with E-state index in [1.54, 1.807) is 42.6 Å². The first-order valence-corrected chi connectivity index (χ1v) is 9.61. The molecule has 0 saturated carbocycles. The van der Waals surface area contributed by atoms with Crippen molar-refractivity contribution in [1.29, 1.82) is 0 Å². The van der Waals surface area contributed by atoms with E-state index in [9.17, 15) is 13.6 Å². The molecule has 1 N–H and O–H groups in total. The van der Waals surface area contributed by atoms with E-state index in [-0.39, 0.29) is 12.4 Å². The van der Waals surface area contributed by atoms with Crippen molar-refractivity contribution in [2.75, 3.05) is 0 Å². The van der Waals surface area contributed by atoms with Crippen molar-refractivity contribution < 1.29 is 28.2 Å². The molecule has 0 amide bonds. The zero-order chi connectivity index (χ0) is 22.0. The predicted molar refractivity (Wildman–Crippen MR) is 112 cm³/mol. The Labute approximate surface area is 181 Å². The van der Waals surface area contributed by atoms with Gasteiger partial charge < -0.3 is 19.1 Å². The lowest BCUT2D eigenvalue weighted by Gasteiger charge is -2.14. The molecule has 158 valence electrons. The highest BCUT2D eigenvalue weighted by molar-refractivity contribution is 6.30. The molecule has 0 bridgehead atoms. The van der Waals surface area contributed by atoms with E-state index in [0.717, 1.165) is 17.1 Å². The zero-order valence-corrected chi connectivity index (χ0v) is 16.8. The van der Waals surface area contributed by atoms with Crippen molar-refractivity contribution in [1.82, 2.24) is 4.57 Å². The van der Waals surface area contributed by atoms with Crippen molar-refractivity contribution in [3.05, 3.63) is 94.6 Å². The lowest BCUT2D eigenvalue weighted by atomic mass is 10.2. The summed E-state index contributed by atoms with van der Waals surface area (Å²) in [5, 5.41) is 10.1. The van der Waals surface area contributed by atoms with Crippen LogP contribution in [0.5, 0.6) is 11.5 Å². The third-order valence-corrected chi connectivity index (χ3v) is 4.89. The second-order valence-corrected chi connectivity index (χ2v) is 7.26. The molecule has 0 spiro atoms. The summed E-state index contributed by atoms with van der Waals surface area (Å²) in [5.41, 5.74) is 1.86. The number of fused-ring (bicyclic) bond motifs is 1. The quantitative estimate of drug-likeness (QED) is 0.282. The van der Waals surface area contributed by atoms with Gasteiger partial charge in [0.05, 0.1) is 12.1 Å². The predicted octanol–water partition coefficient (Wildman–Crippen LogP) is 6.26. The third-order valence-electron chi connectivity index (χ3n) is 4.65. The van der Waals surface area contributed by atoms with Crippen molar-refractivity contribution in [3.8, 4) is 11.5 Å². The highest BCUT2D eigenvalue weighted by Crippen LogP contribution is 2.30. The van der Waals surface area contributed by atoms with Gasteiger partial charge in [0.25, 0.3) is 0 Å². The van der Waals surface area contributed by atoms with Gasteiger partial charge in [-0.05, 0) is 54.1 Å². The van der Waals surface area contributed by atoms with Crippen molar-refractivity contribution >= 4 is 28.7 Å². The normalized spacial score (nSPS) is 10.9. The molecular weight excluding hydrogens is 428 g/mol. The fourth-order valence-electron chi connectivity index (χ4n) is 3.37. The largest absolute Gasteiger partial charge is 0.511 e. The Balaban J connectivity index is 1.61. The first-order chi connectivity index (χ1) is 14.9. The summed E-state index contributed by atoms with van der Waals surface area (Å²) in [7, 11) is 0. The molecule has 5 nitrogen and oxygen atoms in total. The monoisotopic (exact) mass is 443 g/mol. The third kappa shape index (κ3) is 4.78. The van der Waals surface area contributed by atoms with E-state index < -0.39 is 17.8 Å². The number of ether oxygens (including phenoxy) is 2. The minimum absolute atomic E-state index is 0.0215. The van der Waals surface area contributed by atoms with Gasteiger partial charge in [0.1, 0.15) is 29.7 Å². The van der Waals surface area contributed by atoms with Gasteiger partial charge in [-0.2, -0.15) is 0 Å². The molecular formula is C23H16ClF2NO4. The Hall–Kier alpha value is -3.58. The number of carboxylic acid groups (broad SMARTS) is 1. The zero-order valence-electron chi connectivity index (χ0n) is 16.0. The van der Waals surface area contributed by atoms with Crippen LogP contribution in [0.3, 0.4) is 0 Å². The maximum absolute atomic E-state index is 13.4. The lowest BCUT2D eigenvalue weighted by Crippen LogP contribution is -2.04. The Morgan fingerprint density at radius 1 is 1.00 bits per heavy atom. The molecule has 31 heavy (non-hydrogen) atoms. The summed E-state index contributed by atoms with van der Waals surface area (Å²) in [5.74, 6) is -0.602. The molecule has 0 aliphatic carbocycles. The van der Waals surface area contributed by atoms with Gasteiger partial charge in [-0.3, -0.25) is 0 Å². The van der Waals surface area contributed by atoms with Crippen molar-refractivity contribution in [2.45, 2.75) is 13.2 Å². The van der Waals surface area contributed by atoms with E-state index in [1.807, 2.05) is 10.6 Å². The Morgan fingerprint density at radius 2 is 1.77 bits per heavy atom. The Bertz CT molecular complexity index is 1250. The summed E-state index contributed by atoms with van der Waals surface area (Å²) in [6.45, 7) is 0.347. The number of rotatable bonds is 6. The number of nitrogens with zero attached hydrogens (tertiary/aromatic N) is 1. The minimum Gasteiger partial charge on any atom is -0.489 e. The molecule has 0 fully saturated rings. The maximum atomic E-state index is 13.4.